The lowest BCUT2D eigenvalue weighted by atomic mass is 10.1. The normalized spacial score (nSPS) is 12.9. The molecule has 0 saturated heterocycles. The van der Waals surface area contributed by atoms with Gasteiger partial charge in [0, 0.05) is 25.0 Å². The van der Waals surface area contributed by atoms with E-state index in [2.05, 4.69) is 23.4 Å². The minimum Gasteiger partial charge on any atom is -0.311 e. The molecular formula is C21H25N5O2. The van der Waals surface area contributed by atoms with Gasteiger partial charge in [-0.05, 0) is 32.8 Å². The maximum atomic E-state index is 13.3. The summed E-state index contributed by atoms with van der Waals surface area (Å²) in [6.07, 6.45) is 2.88. The largest absolute Gasteiger partial charge is 0.332 e. The predicted octanol–water partition coefficient (Wildman–Crippen LogP) is 2.79. The van der Waals surface area contributed by atoms with Gasteiger partial charge in [-0.25, -0.2) is 4.79 Å². The maximum absolute atomic E-state index is 13.3. The first-order valence-corrected chi connectivity index (χ1v) is 9.58. The molecule has 28 heavy (non-hydrogen) atoms. The zero-order chi connectivity index (χ0) is 20.2. The Hall–Kier alpha value is -3.09. The molecule has 0 fully saturated rings. The van der Waals surface area contributed by atoms with E-state index in [1.165, 1.54) is 9.13 Å². The molecule has 0 aliphatic heterocycles. The monoisotopic (exact) mass is 379 g/mol. The van der Waals surface area contributed by atoms with Crippen LogP contribution in [-0.4, -0.2) is 23.1 Å². The van der Waals surface area contributed by atoms with Crippen LogP contribution in [0.3, 0.4) is 0 Å². The number of benzene rings is 1. The fourth-order valence-corrected chi connectivity index (χ4v) is 3.77. The molecule has 3 aromatic heterocycles. The van der Waals surface area contributed by atoms with Crippen LogP contribution in [0.15, 0.2) is 40.1 Å². The summed E-state index contributed by atoms with van der Waals surface area (Å²) in [7, 11) is 1.67. The van der Waals surface area contributed by atoms with Gasteiger partial charge in [0.15, 0.2) is 11.2 Å². The second-order valence-corrected chi connectivity index (χ2v) is 7.57. The number of hydrogen-bond donors (Lipinski definition) is 0. The molecule has 0 aliphatic rings. The Bertz CT molecular complexity index is 1300. The molecule has 4 aromatic rings. The lowest BCUT2D eigenvalue weighted by Gasteiger charge is -2.12. The minimum absolute atomic E-state index is 0.236. The summed E-state index contributed by atoms with van der Waals surface area (Å²) in [5.41, 5.74) is 3.28. The fraction of sp³-hybridized carbons (Fsp3) is 0.381. The molecule has 1 atom stereocenters. The molecule has 3 heterocycles. The number of aryl methyl sites for hydroxylation is 3. The average molecular weight is 379 g/mol. The van der Waals surface area contributed by atoms with E-state index in [9.17, 15) is 9.59 Å². The molecule has 146 valence electrons. The van der Waals surface area contributed by atoms with Crippen molar-refractivity contribution in [2.45, 2.75) is 46.7 Å². The van der Waals surface area contributed by atoms with Crippen molar-refractivity contribution in [1.29, 1.82) is 0 Å². The highest BCUT2D eigenvalue weighted by molar-refractivity contribution is 5.75. The second-order valence-electron chi connectivity index (χ2n) is 7.57. The Morgan fingerprint density at radius 1 is 1.11 bits per heavy atom. The SMILES string of the molecule is CCC(C)n1c(C)cn2c3c(=O)n(Cc4ccc(C)cc4)c(=O)n(C)c3nc12. The third-order valence-electron chi connectivity index (χ3n) is 5.56. The summed E-state index contributed by atoms with van der Waals surface area (Å²) in [5, 5.41) is 0. The summed E-state index contributed by atoms with van der Waals surface area (Å²) in [6.45, 7) is 8.50. The number of fused-ring (bicyclic) bond motifs is 3. The van der Waals surface area contributed by atoms with E-state index in [1.54, 1.807) is 7.05 Å². The van der Waals surface area contributed by atoms with E-state index in [0.29, 0.717) is 16.9 Å². The zero-order valence-corrected chi connectivity index (χ0v) is 16.9. The van der Waals surface area contributed by atoms with Gasteiger partial charge >= 0.3 is 5.69 Å². The van der Waals surface area contributed by atoms with E-state index in [-0.39, 0.29) is 23.8 Å². The lowest BCUT2D eigenvalue weighted by Crippen LogP contribution is -2.39. The smallest absolute Gasteiger partial charge is 0.311 e. The summed E-state index contributed by atoms with van der Waals surface area (Å²) in [6, 6.07) is 8.11. The standard InChI is InChI=1S/C21H25N5O2/c1-6-14(3)26-15(4)11-24-17-18(22-20(24)26)23(5)21(28)25(19(17)27)12-16-9-7-13(2)8-10-16/h7-11,14H,6,12H2,1-5H3. The molecular weight excluding hydrogens is 354 g/mol. The van der Waals surface area contributed by atoms with E-state index < -0.39 is 0 Å². The number of aromatic nitrogens is 5. The second kappa shape index (κ2) is 6.51. The van der Waals surface area contributed by atoms with Crippen molar-refractivity contribution in [3.8, 4) is 0 Å². The van der Waals surface area contributed by atoms with E-state index in [0.717, 1.165) is 23.2 Å². The van der Waals surface area contributed by atoms with Gasteiger partial charge in [-0.15, -0.1) is 0 Å². The molecule has 0 N–H and O–H groups in total. The van der Waals surface area contributed by atoms with Gasteiger partial charge in [0.25, 0.3) is 5.56 Å². The van der Waals surface area contributed by atoms with Gasteiger partial charge < -0.3 is 4.57 Å². The Morgan fingerprint density at radius 2 is 1.79 bits per heavy atom. The molecule has 1 unspecified atom stereocenters. The summed E-state index contributed by atoms with van der Waals surface area (Å²) >= 11 is 0. The Labute approximate surface area is 162 Å². The number of nitrogens with zero attached hydrogens (tertiary/aromatic N) is 5. The third-order valence-corrected chi connectivity index (χ3v) is 5.56. The molecule has 0 amide bonds. The first-order valence-electron chi connectivity index (χ1n) is 9.58. The Morgan fingerprint density at radius 3 is 2.43 bits per heavy atom. The third kappa shape index (κ3) is 2.61. The van der Waals surface area contributed by atoms with Gasteiger partial charge in [0.1, 0.15) is 0 Å². The predicted molar refractivity (Wildman–Crippen MR) is 110 cm³/mol. The molecule has 7 nitrogen and oxygen atoms in total. The average Bonchev–Trinajstić information content (AvgIpc) is 3.19. The van der Waals surface area contributed by atoms with Crippen LogP contribution in [0.5, 0.6) is 0 Å². The van der Waals surface area contributed by atoms with Gasteiger partial charge in [0.2, 0.25) is 5.78 Å². The first-order chi connectivity index (χ1) is 13.3. The van der Waals surface area contributed by atoms with Crippen molar-refractivity contribution in [2.75, 3.05) is 0 Å². The highest BCUT2D eigenvalue weighted by Gasteiger charge is 2.21. The van der Waals surface area contributed by atoms with Crippen molar-refractivity contribution in [2.24, 2.45) is 7.05 Å². The summed E-state index contributed by atoms with van der Waals surface area (Å²) in [5.74, 6) is 0.696. The molecule has 0 saturated carbocycles. The zero-order valence-electron chi connectivity index (χ0n) is 16.9. The summed E-state index contributed by atoms with van der Waals surface area (Å²) in [4.78, 5) is 30.8. The molecule has 0 radical (unpaired) electrons. The quantitative estimate of drug-likeness (QED) is 0.548. The van der Waals surface area contributed by atoms with Crippen LogP contribution in [-0.2, 0) is 13.6 Å². The van der Waals surface area contributed by atoms with Crippen LogP contribution >= 0.6 is 0 Å². The van der Waals surface area contributed by atoms with Crippen molar-refractivity contribution in [3.05, 3.63) is 68.1 Å². The molecule has 0 bridgehead atoms. The maximum Gasteiger partial charge on any atom is 0.332 e. The van der Waals surface area contributed by atoms with Crippen molar-refractivity contribution < 1.29 is 0 Å². The van der Waals surface area contributed by atoms with Gasteiger partial charge in [-0.3, -0.25) is 18.3 Å². The Balaban J connectivity index is 2.00. The van der Waals surface area contributed by atoms with Crippen LogP contribution in [0.25, 0.3) is 16.9 Å². The molecule has 0 aliphatic carbocycles. The highest BCUT2D eigenvalue weighted by Crippen LogP contribution is 2.22. The van der Waals surface area contributed by atoms with Crippen LogP contribution in [0.2, 0.25) is 0 Å². The van der Waals surface area contributed by atoms with Crippen LogP contribution < -0.4 is 11.2 Å². The summed E-state index contributed by atoms with van der Waals surface area (Å²) < 4.78 is 6.70. The van der Waals surface area contributed by atoms with E-state index >= 15 is 0 Å². The Kier molecular flexibility index (Phi) is 4.25. The van der Waals surface area contributed by atoms with E-state index in [1.807, 2.05) is 48.7 Å². The number of hydrogen-bond acceptors (Lipinski definition) is 3. The molecule has 0 spiro atoms. The molecule has 4 rings (SSSR count). The van der Waals surface area contributed by atoms with Crippen molar-refractivity contribution in [1.82, 2.24) is 23.1 Å². The van der Waals surface area contributed by atoms with Gasteiger partial charge in [0.05, 0.1) is 6.54 Å². The van der Waals surface area contributed by atoms with Gasteiger partial charge in [-0.1, -0.05) is 36.8 Å². The van der Waals surface area contributed by atoms with Gasteiger partial charge in [-0.2, -0.15) is 4.98 Å². The molecule has 1 aromatic carbocycles. The number of imidazole rings is 2. The van der Waals surface area contributed by atoms with Crippen LogP contribution in [0.1, 0.15) is 43.1 Å². The number of rotatable bonds is 4. The van der Waals surface area contributed by atoms with Crippen molar-refractivity contribution in [3.63, 3.8) is 0 Å². The molecule has 7 heteroatoms. The van der Waals surface area contributed by atoms with Crippen LogP contribution in [0, 0.1) is 13.8 Å². The highest BCUT2D eigenvalue weighted by atomic mass is 16.2. The lowest BCUT2D eigenvalue weighted by molar-refractivity contribution is 0.532. The first kappa shape index (κ1) is 18.3. The van der Waals surface area contributed by atoms with Crippen LogP contribution in [0.4, 0.5) is 0 Å². The topological polar surface area (TPSA) is 66.2 Å². The van der Waals surface area contributed by atoms with Crippen molar-refractivity contribution >= 4 is 16.9 Å². The minimum atomic E-state index is -0.356. The fourth-order valence-electron chi connectivity index (χ4n) is 3.77. The van der Waals surface area contributed by atoms with E-state index in [4.69, 9.17) is 0 Å².